The number of Topliss-reactive ketones (excluding diaryl/α,β-unsaturated/α-hetero) is 2. The molecular weight excluding hydrogens is 1170 g/mol. The summed E-state index contributed by atoms with van der Waals surface area (Å²) in [5.41, 5.74) is -3.80. The summed E-state index contributed by atoms with van der Waals surface area (Å²) in [4.78, 5) is 97.0. The minimum Gasteiger partial charge on any atom is -0.493 e. The molecular formula is C70H73NO20. The fourth-order valence-electron chi connectivity index (χ4n) is 14.5. The van der Waals surface area contributed by atoms with Crippen molar-refractivity contribution >= 4 is 41.4 Å². The van der Waals surface area contributed by atoms with Crippen LogP contribution in [0, 0.1) is 16.7 Å². The molecule has 1 amide bonds. The molecule has 12 rings (SSSR count). The lowest BCUT2D eigenvalue weighted by Crippen LogP contribution is -2.82. The van der Waals surface area contributed by atoms with Crippen molar-refractivity contribution in [2.75, 3.05) is 27.4 Å². The molecule has 14 atom stereocenters. The number of rotatable bonds is 13. The average molecular weight is 1250 g/mol. The van der Waals surface area contributed by atoms with Crippen molar-refractivity contribution in [3.63, 3.8) is 0 Å². The zero-order valence-electron chi connectivity index (χ0n) is 51.8. The van der Waals surface area contributed by atoms with Crippen LogP contribution in [0.1, 0.15) is 121 Å². The smallest absolute Gasteiger partial charge is 0.338 e. The Morgan fingerprint density at radius 2 is 1.42 bits per heavy atom. The third-order valence-corrected chi connectivity index (χ3v) is 19.3. The number of ketones is 2. The van der Waals surface area contributed by atoms with Gasteiger partial charge in [0.05, 0.1) is 61.3 Å². The lowest BCUT2D eigenvalue weighted by molar-refractivity contribution is -0.346. The molecule has 4 N–H and O–H groups in total. The van der Waals surface area contributed by atoms with E-state index in [9.17, 15) is 44.1 Å². The van der Waals surface area contributed by atoms with Crippen molar-refractivity contribution in [3.8, 4) is 28.7 Å². The summed E-state index contributed by atoms with van der Waals surface area (Å²) in [6.45, 7) is 14.2. The Morgan fingerprint density at radius 3 is 2.02 bits per heavy atom. The van der Waals surface area contributed by atoms with Crippen molar-refractivity contribution in [3.05, 3.63) is 172 Å². The van der Waals surface area contributed by atoms with E-state index >= 15 is 4.79 Å². The zero-order valence-corrected chi connectivity index (χ0v) is 51.8. The third kappa shape index (κ3) is 10.9. The van der Waals surface area contributed by atoms with Crippen LogP contribution < -0.4 is 29.0 Å². The SMILES string of the molecule is C=C(C)[C@H]1Cc2c(ccc3c2O[C@@H]2COc4cc(OC)c(OC)cc4[C@@H]2C3=O)O1.CC(=O)O[C@H]1C(=O)[C@@]2(C)[C@H]([C@H](OC(=O)c3ccccc3)[C@]3(O)C[C@H](OC(=O)[C@H](O)[C@@H](NC(=O)c4ccccc4)c4ccccc4)C(C)=C1C3(C)C)[C@]1(OC(C)=O)CO[C@@H]1C[C@@H]2O. The third-order valence-electron chi connectivity index (χ3n) is 19.3. The number of hydrogen-bond acceptors (Lipinski definition) is 20. The number of aliphatic hydroxyl groups excluding tert-OH is 2. The zero-order chi connectivity index (χ0) is 65.2. The van der Waals surface area contributed by atoms with Gasteiger partial charge in [0.15, 0.2) is 40.9 Å². The molecule has 7 aliphatic rings. The summed E-state index contributed by atoms with van der Waals surface area (Å²) in [6.07, 6.45) is -10.4. The summed E-state index contributed by atoms with van der Waals surface area (Å²) < 4.78 is 59.3. The van der Waals surface area contributed by atoms with Crippen molar-refractivity contribution in [1.82, 2.24) is 5.32 Å². The van der Waals surface area contributed by atoms with Crippen LogP contribution in [0.15, 0.2) is 139 Å². The molecule has 5 aromatic rings. The molecule has 2 bridgehead atoms. The normalized spacial score (nSPS) is 29.2. The predicted octanol–water partition coefficient (Wildman–Crippen LogP) is 7.44. The molecule has 4 aliphatic heterocycles. The lowest BCUT2D eigenvalue weighted by atomic mass is 9.44. The van der Waals surface area contributed by atoms with E-state index in [0.29, 0.717) is 40.5 Å². The van der Waals surface area contributed by atoms with Gasteiger partial charge in [0.1, 0.15) is 60.0 Å². The minimum atomic E-state index is -2.39. The first-order valence-electron chi connectivity index (χ1n) is 30.1. The first-order chi connectivity index (χ1) is 43.3. The van der Waals surface area contributed by atoms with Gasteiger partial charge in [0.2, 0.25) is 0 Å². The van der Waals surface area contributed by atoms with Crippen LogP contribution in [-0.2, 0) is 49.3 Å². The van der Waals surface area contributed by atoms with Crippen molar-refractivity contribution in [2.24, 2.45) is 16.7 Å². The molecule has 2 saturated carbocycles. The van der Waals surface area contributed by atoms with Gasteiger partial charge in [-0.2, -0.15) is 0 Å². The van der Waals surface area contributed by atoms with Gasteiger partial charge in [0, 0.05) is 61.3 Å². The Balaban J connectivity index is 0.000000242. The van der Waals surface area contributed by atoms with E-state index in [0.717, 1.165) is 36.3 Å². The summed E-state index contributed by atoms with van der Waals surface area (Å²) in [5, 5.41) is 40.2. The van der Waals surface area contributed by atoms with E-state index in [2.05, 4.69) is 11.9 Å². The number of methoxy groups -OCH3 is 2. The van der Waals surface area contributed by atoms with E-state index in [1.165, 1.54) is 26.0 Å². The standard InChI is InChI=1S/C47H51NO14.C23H22O6/c1-25-31(60-43(56)36(52)35(28-16-10-7-11-17-28)48-41(54)29-18-12-8-13-19-29)23-47(57)40(61-42(55)30-20-14-9-15-21-30)38-45(6,32(51)22-33-46(38,24-58-33)62-27(3)50)39(53)37(59-26(2)49)34(25)44(47,4)5;1-11(2)16-8-14-15(28-16)6-5-12-22(24)21-13-7-18(25-3)19(26-4)9-17(13)27-10-20(21)29-23(12)14/h7-21,31-33,35-38,40,51-52,57H,22-24H2,1-6H3,(H,48,54);5-7,9,16,20-21H,1,8,10H2,2-4H3/t31-,32-,33+,35-,36+,37+,38-,40-,45+,46-,47+;16-,20-,21+/m01/s1. The van der Waals surface area contributed by atoms with Crippen LogP contribution >= 0.6 is 0 Å². The largest absolute Gasteiger partial charge is 0.493 e. The number of ether oxygens (including phenoxy) is 10. The Hall–Kier alpha value is -8.89. The molecule has 21 heteroatoms. The van der Waals surface area contributed by atoms with Crippen LogP contribution in [0.2, 0.25) is 0 Å². The van der Waals surface area contributed by atoms with Crippen LogP contribution in [0.3, 0.4) is 0 Å². The highest BCUT2D eigenvalue weighted by molar-refractivity contribution is 6.06. The highest BCUT2D eigenvalue weighted by Gasteiger charge is 2.78. The number of carbonyl (C=O) groups is 7. The first-order valence-corrected chi connectivity index (χ1v) is 30.1. The van der Waals surface area contributed by atoms with Crippen molar-refractivity contribution < 1.29 is 96.2 Å². The number of aliphatic hydroxyl groups is 3. The number of benzene rings is 5. The van der Waals surface area contributed by atoms with Gasteiger partial charge in [-0.3, -0.25) is 24.0 Å². The molecule has 3 fully saturated rings. The van der Waals surface area contributed by atoms with Gasteiger partial charge in [-0.15, -0.1) is 0 Å². The molecule has 1 saturated heterocycles. The molecule has 91 heavy (non-hydrogen) atoms. The van der Waals surface area contributed by atoms with E-state index in [-0.39, 0.29) is 53.8 Å². The van der Waals surface area contributed by atoms with Gasteiger partial charge >= 0.3 is 23.9 Å². The maximum absolute atomic E-state index is 15.5. The topological polar surface area (TPSA) is 285 Å². The minimum absolute atomic E-state index is 0.00289. The molecule has 0 unspecified atom stereocenters. The number of hydrogen-bond donors (Lipinski definition) is 4. The molecule has 3 aliphatic carbocycles. The fourth-order valence-corrected chi connectivity index (χ4v) is 14.5. The molecule has 0 radical (unpaired) electrons. The van der Waals surface area contributed by atoms with Crippen LogP contribution in [0.4, 0.5) is 0 Å². The molecule has 5 aromatic carbocycles. The second-order valence-corrected chi connectivity index (χ2v) is 25.0. The van der Waals surface area contributed by atoms with Gasteiger partial charge in [0.25, 0.3) is 5.91 Å². The maximum atomic E-state index is 15.5. The van der Waals surface area contributed by atoms with Crippen molar-refractivity contribution in [1.29, 1.82) is 0 Å². The number of carbonyl (C=O) groups excluding carboxylic acids is 7. The molecule has 21 nitrogen and oxygen atoms in total. The Bertz CT molecular complexity index is 3770. The first kappa shape index (κ1) is 63.7. The number of nitrogens with one attached hydrogen (secondary N) is 1. The van der Waals surface area contributed by atoms with Gasteiger partial charge in [-0.25, -0.2) is 9.59 Å². The molecule has 0 spiro atoms. The van der Waals surface area contributed by atoms with E-state index in [1.807, 2.05) is 19.1 Å². The second-order valence-electron chi connectivity index (χ2n) is 25.0. The summed E-state index contributed by atoms with van der Waals surface area (Å²) >= 11 is 0. The second kappa shape index (κ2) is 24.4. The van der Waals surface area contributed by atoms with Crippen LogP contribution in [-0.4, -0.2) is 144 Å². The Kier molecular flexibility index (Phi) is 17.1. The quantitative estimate of drug-likeness (QED) is 0.0506. The molecule has 4 heterocycles. The molecule has 0 aromatic heterocycles. The number of esters is 4. The monoisotopic (exact) mass is 1250 g/mol. The highest BCUT2D eigenvalue weighted by Crippen LogP contribution is 2.65. The lowest BCUT2D eigenvalue weighted by Gasteiger charge is -2.67. The number of amides is 1. The van der Waals surface area contributed by atoms with Gasteiger partial charge < -0.3 is 68.0 Å². The van der Waals surface area contributed by atoms with E-state index < -0.39 is 125 Å². The fraction of sp³-hybridized carbons (Fsp3) is 0.414. The van der Waals surface area contributed by atoms with Gasteiger partial charge in [-0.1, -0.05) is 87.2 Å². The van der Waals surface area contributed by atoms with Gasteiger partial charge in [-0.05, 0) is 85.5 Å². The predicted molar refractivity (Wildman–Crippen MR) is 324 cm³/mol. The average Bonchev–Trinajstić information content (AvgIpc) is 1.05. The van der Waals surface area contributed by atoms with E-state index in [1.54, 1.807) is 119 Å². The summed E-state index contributed by atoms with van der Waals surface area (Å²) in [7, 11) is 3.14. The molecule has 478 valence electrons. The highest BCUT2D eigenvalue weighted by atomic mass is 16.6. The Morgan fingerprint density at radius 1 is 0.780 bits per heavy atom. The summed E-state index contributed by atoms with van der Waals surface area (Å²) in [5.74, 6) is -4.16. The van der Waals surface area contributed by atoms with E-state index in [4.69, 9.17) is 47.4 Å². The van der Waals surface area contributed by atoms with Crippen LogP contribution in [0.5, 0.6) is 28.7 Å². The van der Waals surface area contributed by atoms with Crippen molar-refractivity contribution in [2.45, 2.75) is 140 Å². The van der Waals surface area contributed by atoms with Crippen LogP contribution in [0.25, 0.3) is 0 Å². The Labute approximate surface area is 525 Å². The number of fused-ring (bicyclic) bond motifs is 11. The summed E-state index contributed by atoms with van der Waals surface area (Å²) in [6, 6.07) is 30.2. The maximum Gasteiger partial charge on any atom is 0.338 e.